The van der Waals surface area contributed by atoms with Crippen LogP contribution in [0.2, 0.25) is 0 Å². The first-order valence-electron chi connectivity index (χ1n) is 12.7. The third kappa shape index (κ3) is 9.13. The number of hydrogen-bond donors (Lipinski definition) is 2. The molecule has 1 unspecified atom stereocenters. The number of nitrogens with one attached hydrogen (secondary N) is 1. The van der Waals surface area contributed by atoms with Gasteiger partial charge in [0.25, 0.3) is 0 Å². The molecule has 3 N–H and O–H groups in total. The van der Waals surface area contributed by atoms with Gasteiger partial charge in [0.05, 0.1) is 0 Å². The normalized spacial score (nSPS) is 11.8. The van der Waals surface area contributed by atoms with E-state index in [0.717, 1.165) is 44.3 Å². The average molecular weight is 525 g/mol. The number of amides is 1. The third-order valence-corrected chi connectivity index (χ3v) is 9.17. The molecule has 3 nitrogen and oxygen atoms in total. The molecule has 1 heterocycles. The number of anilines is 2. The van der Waals surface area contributed by atoms with Crippen LogP contribution in [0.1, 0.15) is 104 Å². The molecular weight excluding hydrogens is 480 g/mol. The van der Waals surface area contributed by atoms with E-state index in [4.69, 9.17) is 5.73 Å². The lowest BCUT2D eigenvalue weighted by Crippen LogP contribution is -2.21. The maximum atomic E-state index is 13.4. The van der Waals surface area contributed by atoms with Crippen molar-refractivity contribution in [3.63, 3.8) is 0 Å². The van der Waals surface area contributed by atoms with Crippen LogP contribution in [0.5, 0.6) is 0 Å². The predicted molar refractivity (Wildman–Crippen MR) is 157 cm³/mol. The van der Waals surface area contributed by atoms with E-state index in [1.54, 1.807) is 23.1 Å². The van der Waals surface area contributed by atoms with Crippen LogP contribution < -0.4 is 11.1 Å². The molecule has 2 aromatic rings. The second-order valence-electron chi connectivity index (χ2n) is 9.23. The lowest BCUT2D eigenvalue weighted by molar-refractivity contribution is -0.115. The highest BCUT2D eigenvalue weighted by molar-refractivity contribution is 8.00. The van der Waals surface area contributed by atoms with E-state index < -0.39 is 0 Å². The number of rotatable bonds is 15. The van der Waals surface area contributed by atoms with Crippen LogP contribution in [0.15, 0.2) is 17.5 Å². The van der Waals surface area contributed by atoms with Gasteiger partial charge in [0.1, 0.15) is 5.25 Å². The fourth-order valence-corrected chi connectivity index (χ4v) is 6.37. The van der Waals surface area contributed by atoms with Crippen LogP contribution in [-0.4, -0.2) is 11.7 Å². The van der Waals surface area contributed by atoms with Gasteiger partial charge in [0, 0.05) is 16.3 Å². The topological polar surface area (TPSA) is 55.1 Å². The van der Waals surface area contributed by atoms with Gasteiger partial charge in [-0.3, -0.25) is 4.79 Å². The third-order valence-electron chi connectivity index (χ3n) is 6.75. The van der Waals surface area contributed by atoms with Crippen molar-refractivity contribution < 1.29 is 4.79 Å². The summed E-state index contributed by atoms with van der Waals surface area (Å²) in [6.45, 7) is 10.4. The Morgan fingerprint density at radius 3 is 1.94 bits per heavy atom. The molecule has 1 atom stereocenters. The van der Waals surface area contributed by atoms with Crippen molar-refractivity contribution in [1.82, 2.24) is 0 Å². The Morgan fingerprint density at radius 1 is 0.912 bits per heavy atom. The molecule has 0 saturated heterocycles. The molecule has 2 rings (SSSR count). The van der Waals surface area contributed by atoms with Gasteiger partial charge in [-0.2, -0.15) is 0 Å². The minimum atomic E-state index is -0.166. The highest BCUT2D eigenvalue weighted by Crippen LogP contribution is 2.37. The highest BCUT2D eigenvalue weighted by atomic mass is 35.5. The van der Waals surface area contributed by atoms with Crippen LogP contribution >= 0.6 is 35.5 Å². The minimum absolute atomic E-state index is 0. The fourth-order valence-electron chi connectivity index (χ4n) is 4.24. The first kappa shape index (κ1) is 30.9. The molecule has 192 valence electrons. The second kappa shape index (κ2) is 16.5. The number of carbonyl (C=O) groups is 1. The summed E-state index contributed by atoms with van der Waals surface area (Å²) in [6.07, 6.45) is 13.3. The van der Waals surface area contributed by atoms with Crippen LogP contribution in [-0.2, 0) is 4.79 Å². The van der Waals surface area contributed by atoms with E-state index in [9.17, 15) is 4.79 Å². The van der Waals surface area contributed by atoms with Gasteiger partial charge in [-0.25, -0.2) is 0 Å². The summed E-state index contributed by atoms with van der Waals surface area (Å²) in [4.78, 5) is 14.5. The molecule has 34 heavy (non-hydrogen) atoms. The Kier molecular flexibility index (Phi) is 15.0. The minimum Gasteiger partial charge on any atom is -0.398 e. The SMILES string of the molecule is CCCCCCCCCCCCSC(C(=O)Nc1c(C)c(C)c(N)c(C)c1C)c1cccs1.Cl. The Bertz CT molecular complexity index is 839. The molecule has 0 radical (unpaired) electrons. The van der Waals surface area contributed by atoms with Gasteiger partial charge in [0.15, 0.2) is 0 Å². The second-order valence-corrected chi connectivity index (χ2v) is 11.4. The lowest BCUT2D eigenvalue weighted by Gasteiger charge is -2.21. The van der Waals surface area contributed by atoms with Crippen LogP contribution in [0.25, 0.3) is 0 Å². The molecule has 1 amide bonds. The average Bonchev–Trinajstić information content (AvgIpc) is 3.34. The number of benzene rings is 1. The molecule has 1 aromatic heterocycles. The summed E-state index contributed by atoms with van der Waals surface area (Å²) < 4.78 is 0. The molecule has 0 fully saturated rings. The van der Waals surface area contributed by atoms with Crippen molar-refractivity contribution in [2.24, 2.45) is 0 Å². The van der Waals surface area contributed by atoms with E-state index in [0.29, 0.717) is 0 Å². The fraction of sp³-hybridized carbons (Fsp3) is 0.607. The molecular formula is C28H45ClN2OS2. The first-order chi connectivity index (χ1) is 15.9. The van der Waals surface area contributed by atoms with Crippen molar-refractivity contribution in [3.8, 4) is 0 Å². The van der Waals surface area contributed by atoms with E-state index >= 15 is 0 Å². The number of thioether (sulfide) groups is 1. The zero-order chi connectivity index (χ0) is 24.2. The van der Waals surface area contributed by atoms with E-state index in [2.05, 4.69) is 23.7 Å². The van der Waals surface area contributed by atoms with Gasteiger partial charge in [-0.15, -0.1) is 35.5 Å². The maximum absolute atomic E-state index is 13.4. The molecule has 0 aliphatic rings. The van der Waals surface area contributed by atoms with Gasteiger partial charge in [-0.1, -0.05) is 70.8 Å². The maximum Gasteiger partial charge on any atom is 0.242 e. The quantitative estimate of drug-likeness (QED) is 0.180. The molecule has 1 aromatic carbocycles. The largest absolute Gasteiger partial charge is 0.398 e. The Morgan fingerprint density at radius 2 is 1.44 bits per heavy atom. The van der Waals surface area contributed by atoms with Gasteiger partial charge >= 0.3 is 0 Å². The summed E-state index contributed by atoms with van der Waals surface area (Å²) in [5, 5.41) is 5.15. The van der Waals surface area contributed by atoms with Crippen molar-refractivity contribution in [3.05, 3.63) is 44.6 Å². The Balaban J connectivity index is 0.00000578. The number of carbonyl (C=O) groups excluding carboxylic acids is 1. The number of nitrogens with two attached hydrogens (primary N) is 1. The van der Waals surface area contributed by atoms with Crippen molar-refractivity contribution >= 4 is 52.8 Å². The van der Waals surface area contributed by atoms with Crippen molar-refractivity contribution in [1.29, 1.82) is 0 Å². The molecule has 0 aliphatic heterocycles. The molecule has 0 spiro atoms. The lowest BCUT2D eigenvalue weighted by atomic mass is 9.96. The monoisotopic (exact) mass is 524 g/mol. The number of unbranched alkanes of at least 4 members (excludes halogenated alkanes) is 9. The van der Waals surface area contributed by atoms with E-state index in [1.165, 1.54) is 64.2 Å². The van der Waals surface area contributed by atoms with Crippen LogP contribution in [0, 0.1) is 27.7 Å². The molecule has 6 heteroatoms. The van der Waals surface area contributed by atoms with Crippen molar-refractivity contribution in [2.45, 2.75) is 104 Å². The molecule has 0 saturated carbocycles. The first-order valence-corrected chi connectivity index (χ1v) is 14.6. The number of hydrogen-bond acceptors (Lipinski definition) is 4. The van der Waals surface area contributed by atoms with Gasteiger partial charge in [0.2, 0.25) is 5.91 Å². The zero-order valence-corrected chi connectivity index (χ0v) is 24.2. The van der Waals surface area contributed by atoms with Crippen LogP contribution in [0.3, 0.4) is 0 Å². The summed E-state index contributed by atoms with van der Waals surface area (Å²) in [5.74, 6) is 1.09. The van der Waals surface area contributed by atoms with E-state index in [1.807, 2.05) is 33.8 Å². The van der Waals surface area contributed by atoms with Gasteiger partial charge in [-0.05, 0) is 73.6 Å². The Hall–Kier alpha value is -1.17. The summed E-state index contributed by atoms with van der Waals surface area (Å²) in [7, 11) is 0. The summed E-state index contributed by atoms with van der Waals surface area (Å²) >= 11 is 3.45. The summed E-state index contributed by atoms with van der Waals surface area (Å²) in [6, 6.07) is 4.12. The summed E-state index contributed by atoms with van der Waals surface area (Å²) in [5.41, 5.74) is 12.2. The Labute approximate surface area is 222 Å². The van der Waals surface area contributed by atoms with Crippen molar-refractivity contribution in [2.75, 3.05) is 16.8 Å². The zero-order valence-electron chi connectivity index (χ0n) is 21.8. The smallest absolute Gasteiger partial charge is 0.242 e. The predicted octanol–water partition coefficient (Wildman–Crippen LogP) is 9.32. The highest BCUT2D eigenvalue weighted by Gasteiger charge is 2.24. The number of thiophene rings is 1. The number of halogens is 1. The standard InChI is InChI=1S/C28H44N2OS2.ClH/c1-6-7-8-9-10-11-12-13-14-15-18-33-27(24-17-16-19-32-24)28(31)30-26-22(4)20(2)25(29)21(3)23(26)5;/h16-17,19,27H,6-15,18,29H2,1-5H3,(H,30,31);1H. The molecule has 0 bridgehead atoms. The van der Waals surface area contributed by atoms with E-state index in [-0.39, 0.29) is 23.6 Å². The van der Waals surface area contributed by atoms with Crippen LogP contribution in [0.4, 0.5) is 11.4 Å². The van der Waals surface area contributed by atoms with Gasteiger partial charge < -0.3 is 11.1 Å². The molecule has 0 aliphatic carbocycles. The number of nitrogen functional groups attached to an aromatic ring is 1.